The molecular formula is C19H21N5O. The molecule has 0 aliphatic heterocycles. The van der Waals surface area contributed by atoms with Gasteiger partial charge in [0.05, 0.1) is 7.11 Å². The van der Waals surface area contributed by atoms with E-state index < -0.39 is 0 Å². The molecule has 0 bridgehead atoms. The van der Waals surface area contributed by atoms with Crippen molar-refractivity contribution in [3.8, 4) is 5.75 Å². The van der Waals surface area contributed by atoms with Gasteiger partial charge in [-0.2, -0.15) is 9.97 Å². The topological polar surface area (TPSA) is 85.1 Å². The number of ether oxygens (including phenoxy) is 1. The molecule has 0 atom stereocenters. The molecule has 0 saturated heterocycles. The number of methoxy groups -OCH3 is 1. The summed E-state index contributed by atoms with van der Waals surface area (Å²) in [6, 6.07) is 19.7. The van der Waals surface area contributed by atoms with Crippen LogP contribution in [0.3, 0.4) is 0 Å². The number of nitrogens with two attached hydrogens (primary N) is 1. The molecule has 0 aliphatic carbocycles. The van der Waals surface area contributed by atoms with Crippen LogP contribution >= 0.6 is 0 Å². The highest BCUT2D eigenvalue weighted by Crippen LogP contribution is 2.18. The summed E-state index contributed by atoms with van der Waals surface area (Å²) < 4.78 is 5.16. The first-order valence-corrected chi connectivity index (χ1v) is 8.06. The smallest absolute Gasteiger partial charge is 0.223 e. The zero-order valence-corrected chi connectivity index (χ0v) is 14.1. The van der Waals surface area contributed by atoms with E-state index >= 15 is 0 Å². The van der Waals surface area contributed by atoms with Crippen LogP contribution < -0.4 is 21.1 Å². The van der Waals surface area contributed by atoms with E-state index in [-0.39, 0.29) is 5.95 Å². The normalized spacial score (nSPS) is 10.3. The van der Waals surface area contributed by atoms with Crippen molar-refractivity contribution >= 4 is 23.3 Å². The van der Waals surface area contributed by atoms with Gasteiger partial charge in [-0.15, -0.1) is 0 Å². The first kappa shape index (κ1) is 16.6. The Morgan fingerprint density at radius 2 is 1.68 bits per heavy atom. The first-order valence-electron chi connectivity index (χ1n) is 8.06. The lowest BCUT2D eigenvalue weighted by atomic mass is 10.1. The van der Waals surface area contributed by atoms with Crippen LogP contribution in [-0.4, -0.2) is 23.6 Å². The van der Waals surface area contributed by atoms with Gasteiger partial charge in [-0.1, -0.05) is 30.3 Å². The number of nitrogens with one attached hydrogen (secondary N) is 2. The van der Waals surface area contributed by atoms with Crippen LogP contribution in [0.4, 0.5) is 23.3 Å². The summed E-state index contributed by atoms with van der Waals surface area (Å²) in [5.74, 6) is 2.44. The number of nitrogens with zero attached hydrogens (tertiary/aromatic N) is 2. The second-order valence-corrected chi connectivity index (χ2v) is 5.51. The lowest BCUT2D eigenvalue weighted by Crippen LogP contribution is -2.09. The zero-order valence-electron chi connectivity index (χ0n) is 14.1. The maximum atomic E-state index is 5.81. The van der Waals surface area contributed by atoms with Gasteiger partial charge in [0, 0.05) is 18.3 Å². The maximum Gasteiger partial charge on any atom is 0.223 e. The summed E-state index contributed by atoms with van der Waals surface area (Å²) >= 11 is 0. The monoisotopic (exact) mass is 335 g/mol. The number of anilines is 4. The van der Waals surface area contributed by atoms with Crippen molar-refractivity contribution in [1.29, 1.82) is 0 Å². The van der Waals surface area contributed by atoms with Crippen LogP contribution in [0.2, 0.25) is 0 Å². The molecule has 4 N–H and O–H groups in total. The maximum absolute atomic E-state index is 5.81. The minimum Gasteiger partial charge on any atom is -0.497 e. The lowest BCUT2D eigenvalue weighted by Gasteiger charge is -2.10. The summed E-state index contributed by atoms with van der Waals surface area (Å²) in [7, 11) is 1.66. The molecule has 128 valence electrons. The molecule has 6 nitrogen and oxygen atoms in total. The molecule has 1 aromatic heterocycles. The van der Waals surface area contributed by atoms with E-state index in [1.54, 1.807) is 7.11 Å². The van der Waals surface area contributed by atoms with Crippen molar-refractivity contribution in [3.63, 3.8) is 0 Å². The van der Waals surface area contributed by atoms with Crippen LogP contribution in [0, 0.1) is 0 Å². The summed E-state index contributed by atoms with van der Waals surface area (Å²) in [5.41, 5.74) is 7.98. The van der Waals surface area contributed by atoms with E-state index in [9.17, 15) is 0 Å². The number of para-hydroxylation sites is 1. The third-order valence-corrected chi connectivity index (χ3v) is 3.67. The molecule has 0 fully saturated rings. The van der Waals surface area contributed by atoms with Gasteiger partial charge in [-0.3, -0.25) is 0 Å². The third-order valence-electron chi connectivity index (χ3n) is 3.67. The zero-order chi connectivity index (χ0) is 17.5. The molecule has 0 unspecified atom stereocenters. The Bertz CT molecular complexity index is 806. The van der Waals surface area contributed by atoms with Gasteiger partial charge in [0.1, 0.15) is 17.4 Å². The first-order chi connectivity index (χ1) is 12.2. The fourth-order valence-electron chi connectivity index (χ4n) is 2.42. The summed E-state index contributed by atoms with van der Waals surface area (Å²) in [4.78, 5) is 8.45. The second-order valence-electron chi connectivity index (χ2n) is 5.51. The van der Waals surface area contributed by atoms with Gasteiger partial charge in [-0.05, 0) is 36.2 Å². The van der Waals surface area contributed by atoms with E-state index in [2.05, 4.69) is 32.7 Å². The van der Waals surface area contributed by atoms with E-state index in [4.69, 9.17) is 10.5 Å². The van der Waals surface area contributed by atoms with Crippen LogP contribution in [0.1, 0.15) is 5.56 Å². The Labute approximate surface area is 147 Å². The van der Waals surface area contributed by atoms with Crippen LogP contribution in [0.15, 0.2) is 60.7 Å². The summed E-state index contributed by atoms with van der Waals surface area (Å²) in [6.45, 7) is 0.744. The molecule has 0 spiro atoms. The number of hydrogen-bond donors (Lipinski definition) is 3. The summed E-state index contributed by atoms with van der Waals surface area (Å²) in [6.07, 6.45) is 0.870. The molecule has 6 heteroatoms. The van der Waals surface area contributed by atoms with E-state index in [1.807, 2.05) is 48.5 Å². The lowest BCUT2D eigenvalue weighted by molar-refractivity contribution is 0.414. The van der Waals surface area contributed by atoms with Crippen molar-refractivity contribution in [2.45, 2.75) is 6.42 Å². The van der Waals surface area contributed by atoms with Crippen LogP contribution in [0.5, 0.6) is 5.75 Å². The van der Waals surface area contributed by atoms with Crippen molar-refractivity contribution in [2.75, 3.05) is 30.0 Å². The Morgan fingerprint density at radius 3 is 2.40 bits per heavy atom. The van der Waals surface area contributed by atoms with Gasteiger partial charge >= 0.3 is 0 Å². The Morgan fingerprint density at radius 1 is 0.960 bits per heavy atom. The Kier molecular flexibility index (Phi) is 5.31. The van der Waals surface area contributed by atoms with Crippen molar-refractivity contribution < 1.29 is 4.74 Å². The molecule has 3 rings (SSSR count). The highest BCUT2D eigenvalue weighted by molar-refractivity contribution is 5.60. The van der Waals surface area contributed by atoms with Gasteiger partial charge in [-0.25, -0.2) is 0 Å². The average Bonchev–Trinajstić information content (AvgIpc) is 2.63. The van der Waals surface area contributed by atoms with Gasteiger partial charge in [0.2, 0.25) is 5.95 Å². The Balaban J connectivity index is 1.60. The summed E-state index contributed by atoms with van der Waals surface area (Å²) in [5, 5.41) is 6.51. The molecule has 25 heavy (non-hydrogen) atoms. The standard InChI is InChI=1S/C19H21N5O/c1-25-16-9-7-14(8-10-16)11-12-21-17-13-18(24-19(20)23-17)22-15-5-3-2-4-6-15/h2-10,13H,11-12H2,1H3,(H4,20,21,22,23,24). The fourth-order valence-corrected chi connectivity index (χ4v) is 2.42. The molecule has 3 aromatic rings. The van der Waals surface area contributed by atoms with Crippen molar-refractivity contribution in [1.82, 2.24) is 9.97 Å². The van der Waals surface area contributed by atoms with E-state index in [1.165, 1.54) is 5.56 Å². The minimum absolute atomic E-state index is 0.230. The minimum atomic E-state index is 0.230. The number of rotatable bonds is 7. The highest BCUT2D eigenvalue weighted by Gasteiger charge is 2.03. The van der Waals surface area contributed by atoms with Gasteiger partial charge in [0.15, 0.2) is 0 Å². The molecule has 0 aliphatic rings. The highest BCUT2D eigenvalue weighted by atomic mass is 16.5. The average molecular weight is 335 g/mol. The molecular weight excluding hydrogens is 314 g/mol. The van der Waals surface area contributed by atoms with Crippen molar-refractivity contribution in [2.24, 2.45) is 0 Å². The Hall–Kier alpha value is -3.28. The van der Waals surface area contributed by atoms with Gasteiger partial charge < -0.3 is 21.1 Å². The molecule has 1 heterocycles. The number of benzene rings is 2. The number of hydrogen-bond acceptors (Lipinski definition) is 6. The fraction of sp³-hybridized carbons (Fsp3) is 0.158. The molecule has 2 aromatic carbocycles. The number of nitrogen functional groups attached to an aromatic ring is 1. The van der Waals surface area contributed by atoms with Crippen molar-refractivity contribution in [3.05, 3.63) is 66.2 Å². The SMILES string of the molecule is COc1ccc(CCNc2cc(Nc3ccccc3)nc(N)n2)cc1. The van der Waals surface area contributed by atoms with E-state index in [0.717, 1.165) is 24.4 Å². The van der Waals surface area contributed by atoms with E-state index in [0.29, 0.717) is 11.6 Å². The molecule has 0 amide bonds. The molecule has 0 saturated carbocycles. The number of aromatic nitrogens is 2. The predicted octanol–water partition coefficient (Wildman–Crippen LogP) is 3.47. The third kappa shape index (κ3) is 4.84. The quantitative estimate of drug-likeness (QED) is 0.613. The van der Waals surface area contributed by atoms with Crippen LogP contribution in [-0.2, 0) is 6.42 Å². The van der Waals surface area contributed by atoms with Crippen LogP contribution in [0.25, 0.3) is 0 Å². The second kappa shape index (κ2) is 8.01. The predicted molar refractivity (Wildman–Crippen MR) is 101 cm³/mol. The van der Waals surface area contributed by atoms with Gasteiger partial charge in [0.25, 0.3) is 0 Å². The largest absolute Gasteiger partial charge is 0.497 e. The molecule has 0 radical (unpaired) electrons.